The van der Waals surface area contributed by atoms with E-state index in [1.807, 2.05) is 0 Å². The average Bonchev–Trinajstić information content (AvgIpc) is 2.64. The summed E-state index contributed by atoms with van der Waals surface area (Å²) in [5.41, 5.74) is 0.853. The monoisotopic (exact) mass is 207 g/mol. The molecule has 0 bridgehead atoms. The number of nitrogens with one attached hydrogen (secondary N) is 1. The summed E-state index contributed by atoms with van der Waals surface area (Å²) in [5, 5.41) is 0.676. The molecule has 78 valence electrons. The minimum atomic E-state index is -0.499. The van der Waals surface area contributed by atoms with Crippen molar-refractivity contribution in [1.29, 1.82) is 0 Å². The van der Waals surface area contributed by atoms with E-state index in [0.29, 0.717) is 10.9 Å². The van der Waals surface area contributed by atoms with Gasteiger partial charge in [-0.2, -0.15) is 0 Å². The molecule has 1 N–H and O–H groups in total. The average molecular weight is 207 g/mol. The lowest BCUT2D eigenvalue weighted by Gasteiger charge is -2.03. The molecular formula is C11H10FNO2. The summed E-state index contributed by atoms with van der Waals surface area (Å²) in [6.45, 7) is 1.99. The number of esters is 1. The fourth-order valence-corrected chi connectivity index (χ4v) is 1.51. The van der Waals surface area contributed by atoms with Gasteiger partial charge in [0.05, 0.1) is 12.2 Å². The third kappa shape index (κ3) is 1.70. The molecule has 0 amide bonds. The normalized spacial score (nSPS) is 10.5. The van der Waals surface area contributed by atoms with Gasteiger partial charge in [-0.25, -0.2) is 9.18 Å². The van der Waals surface area contributed by atoms with Crippen LogP contribution in [-0.2, 0) is 4.74 Å². The largest absolute Gasteiger partial charge is 0.462 e. The van der Waals surface area contributed by atoms with Gasteiger partial charge in [0.1, 0.15) is 5.82 Å². The number of aromatic nitrogens is 1. The fourth-order valence-electron chi connectivity index (χ4n) is 1.51. The first kappa shape index (κ1) is 9.71. The number of hydrogen-bond acceptors (Lipinski definition) is 2. The molecular weight excluding hydrogens is 197 g/mol. The smallest absolute Gasteiger partial charge is 0.338 e. The van der Waals surface area contributed by atoms with E-state index in [0.717, 1.165) is 0 Å². The van der Waals surface area contributed by atoms with Gasteiger partial charge in [-0.05, 0) is 25.1 Å². The maximum Gasteiger partial charge on any atom is 0.338 e. The van der Waals surface area contributed by atoms with Gasteiger partial charge in [0.15, 0.2) is 0 Å². The zero-order valence-electron chi connectivity index (χ0n) is 8.21. The zero-order valence-corrected chi connectivity index (χ0v) is 8.21. The molecule has 0 fully saturated rings. The molecule has 0 spiro atoms. The Balaban J connectivity index is 2.57. The second-order valence-electron chi connectivity index (χ2n) is 3.11. The Morgan fingerprint density at radius 2 is 2.33 bits per heavy atom. The van der Waals surface area contributed by atoms with Crippen molar-refractivity contribution in [3.8, 4) is 0 Å². The number of benzene rings is 1. The summed E-state index contributed by atoms with van der Waals surface area (Å²) in [4.78, 5) is 14.4. The maximum absolute atomic E-state index is 13.1. The van der Waals surface area contributed by atoms with Gasteiger partial charge in [0.2, 0.25) is 0 Å². The van der Waals surface area contributed by atoms with E-state index in [9.17, 15) is 9.18 Å². The van der Waals surface area contributed by atoms with Gasteiger partial charge in [-0.1, -0.05) is 0 Å². The Morgan fingerprint density at radius 3 is 3.07 bits per heavy atom. The lowest BCUT2D eigenvalue weighted by atomic mass is 10.1. The molecule has 2 rings (SSSR count). The molecule has 0 aliphatic heterocycles. The van der Waals surface area contributed by atoms with Crippen LogP contribution in [0.5, 0.6) is 0 Å². The Labute approximate surface area is 85.9 Å². The van der Waals surface area contributed by atoms with Gasteiger partial charge in [0, 0.05) is 17.1 Å². The number of fused-ring (bicyclic) bond motifs is 1. The summed E-state index contributed by atoms with van der Waals surface area (Å²) in [7, 11) is 0. The second kappa shape index (κ2) is 3.73. The number of hydrogen-bond donors (Lipinski definition) is 1. The number of halogens is 1. The maximum atomic E-state index is 13.1. The van der Waals surface area contributed by atoms with Crippen LogP contribution in [-0.4, -0.2) is 17.6 Å². The molecule has 15 heavy (non-hydrogen) atoms. The van der Waals surface area contributed by atoms with Gasteiger partial charge in [0.25, 0.3) is 0 Å². The van der Waals surface area contributed by atoms with E-state index in [4.69, 9.17) is 4.74 Å². The van der Waals surface area contributed by atoms with Crippen LogP contribution >= 0.6 is 0 Å². The highest BCUT2D eigenvalue weighted by Crippen LogP contribution is 2.20. The quantitative estimate of drug-likeness (QED) is 0.768. The molecule has 0 aliphatic rings. The van der Waals surface area contributed by atoms with Crippen molar-refractivity contribution in [2.45, 2.75) is 6.92 Å². The summed E-state index contributed by atoms with van der Waals surface area (Å²) in [6, 6.07) is 4.26. The predicted octanol–water partition coefficient (Wildman–Crippen LogP) is 2.48. The Morgan fingerprint density at radius 1 is 1.53 bits per heavy atom. The molecule has 0 saturated heterocycles. The zero-order chi connectivity index (χ0) is 10.8. The van der Waals surface area contributed by atoms with Crippen LogP contribution in [0, 0.1) is 5.82 Å². The first-order valence-corrected chi connectivity index (χ1v) is 4.66. The third-order valence-electron chi connectivity index (χ3n) is 2.13. The Hall–Kier alpha value is -1.84. The van der Waals surface area contributed by atoms with Gasteiger partial charge >= 0.3 is 5.97 Å². The van der Waals surface area contributed by atoms with E-state index in [1.54, 1.807) is 19.2 Å². The van der Waals surface area contributed by atoms with E-state index < -0.39 is 11.8 Å². The third-order valence-corrected chi connectivity index (χ3v) is 2.13. The fraction of sp³-hybridized carbons (Fsp3) is 0.182. The summed E-state index contributed by atoms with van der Waals surface area (Å²) in [6.07, 6.45) is 1.66. The number of carbonyl (C=O) groups excluding carboxylic acids is 1. The molecule has 0 aliphatic carbocycles. The van der Waals surface area contributed by atoms with E-state index in [1.165, 1.54) is 12.1 Å². The molecule has 1 aromatic heterocycles. The highest BCUT2D eigenvalue weighted by atomic mass is 19.1. The molecule has 0 radical (unpaired) electrons. The van der Waals surface area contributed by atoms with Crippen LogP contribution < -0.4 is 0 Å². The van der Waals surface area contributed by atoms with E-state index in [2.05, 4.69) is 4.98 Å². The Bertz CT molecular complexity index is 504. The molecule has 0 atom stereocenters. The van der Waals surface area contributed by atoms with Crippen molar-refractivity contribution < 1.29 is 13.9 Å². The van der Waals surface area contributed by atoms with Crippen molar-refractivity contribution in [3.05, 3.63) is 35.8 Å². The number of carbonyl (C=O) groups is 1. The summed E-state index contributed by atoms with van der Waals surface area (Å²) < 4.78 is 18.0. The first-order chi connectivity index (χ1) is 7.22. The van der Waals surface area contributed by atoms with Gasteiger partial charge < -0.3 is 9.72 Å². The molecule has 2 aromatic rings. The number of rotatable bonds is 2. The van der Waals surface area contributed by atoms with Crippen LogP contribution in [0.15, 0.2) is 24.4 Å². The highest BCUT2D eigenvalue weighted by Gasteiger charge is 2.13. The van der Waals surface area contributed by atoms with Crippen LogP contribution in [0.4, 0.5) is 4.39 Å². The molecule has 0 unspecified atom stereocenters. The molecule has 1 heterocycles. The summed E-state index contributed by atoms with van der Waals surface area (Å²) in [5.74, 6) is -0.949. The highest BCUT2D eigenvalue weighted by molar-refractivity contribution is 6.03. The number of H-pyrrole nitrogens is 1. The van der Waals surface area contributed by atoms with E-state index in [-0.39, 0.29) is 12.2 Å². The van der Waals surface area contributed by atoms with Crippen LogP contribution in [0.25, 0.3) is 10.9 Å². The number of ether oxygens (including phenoxy) is 1. The lowest BCUT2D eigenvalue weighted by molar-refractivity contribution is 0.0528. The van der Waals surface area contributed by atoms with Crippen LogP contribution in [0.3, 0.4) is 0 Å². The number of aromatic amines is 1. The van der Waals surface area contributed by atoms with Crippen molar-refractivity contribution in [3.63, 3.8) is 0 Å². The SMILES string of the molecule is CCOC(=O)c1cc(F)cc2[nH]ccc12. The first-order valence-electron chi connectivity index (χ1n) is 4.66. The van der Waals surface area contributed by atoms with Crippen molar-refractivity contribution >= 4 is 16.9 Å². The molecule has 0 saturated carbocycles. The topological polar surface area (TPSA) is 42.1 Å². The standard InChI is InChI=1S/C11H10FNO2/c1-2-15-11(14)9-5-7(12)6-10-8(9)3-4-13-10/h3-6,13H,2H2,1H3. The lowest BCUT2D eigenvalue weighted by Crippen LogP contribution is -2.05. The second-order valence-corrected chi connectivity index (χ2v) is 3.11. The predicted molar refractivity (Wildman–Crippen MR) is 54.2 cm³/mol. The van der Waals surface area contributed by atoms with Crippen LogP contribution in [0.1, 0.15) is 17.3 Å². The van der Waals surface area contributed by atoms with Crippen molar-refractivity contribution in [1.82, 2.24) is 4.98 Å². The minimum Gasteiger partial charge on any atom is -0.462 e. The Kier molecular flexibility index (Phi) is 2.41. The molecule has 1 aromatic carbocycles. The van der Waals surface area contributed by atoms with Crippen molar-refractivity contribution in [2.24, 2.45) is 0 Å². The van der Waals surface area contributed by atoms with E-state index >= 15 is 0 Å². The summed E-state index contributed by atoms with van der Waals surface area (Å²) >= 11 is 0. The van der Waals surface area contributed by atoms with Gasteiger partial charge in [-0.3, -0.25) is 0 Å². The molecule has 4 heteroatoms. The molecule has 3 nitrogen and oxygen atoms in total. The van der Waals surface area contributed by atoms with Gasteiger partial charge in [-0.15, -0.1) is 0 Å². The van der Waals surface area contributed by atoms with Crippen LogP contribution in [0.2, 0.25) is 0 Å². The minimum absolute atomic E-state index is 0.258. The van der Waals surface area contributed by atoms with Crippen molar-refractivity contribution in [2.75, 3.05) is 6.61 Å².